The Kier molecular flexibility index (Phi) is 4.62. The first-order valence-electron chi connectivity index (χ1n) is 8.52. The van der Waals surface area contributed by atoms with Gasteiger partial charge in [-0.2, -0.15) is 0 Å². The Balaban J connectivity index is 2.00. The van der Waals surface area contributed by atoms with Crippen LogP contribution in [0.5, 0.6) is 0 Å². The summed E-state index contributed by atoms with van der Waals surface area (Å²) in [5.74, 6) is -0.869. The van der Waals surface area contributed by atoms with E-state index in [0.29, 0.717) is 12.8 Å². The fourth-order valence-electron chi connectivity index (χ4n) is 3.72. The summed E-state index contributed by atoms with van der Waals surface area (Å²) in [6, 6.07) is 5.74. The first-order chi connectivity index (χ1) is 11.8. The minimum absolute atomic E-state index is 0.0812. The van der Waals surface area contributed by atoms with Gasteiger partial charge in [0.05, 0.1) is 29.9 Å². The molecule has 25 heavy (non-hydrogen) atoms. The highest BCUT2D eigenvalue weighted by Crippen LogP contribution is 2.51. The van der Waals surface area contributed by atoms with E-state index in [0.717, 1.165) is 29.1 Å². The predicted octanol–water partition coefficient (Wildman–Crippen LogP) is 2.41. The number of sulfonamides is 1. The van der Waals surface area contributed by atoms with Gasteiger partial charge in [0.25, 0.3) is 10.0 Å². The van der Waals surface area contributed by atoms with Crippen molar-refractivity contribution in [3.8, 4) is 0 Å². The SMILES string of the molecule is COC(=O)CC1CCC2(CCC2)C(=O)N1S(=O)(=O)c1ccc(C)cc1. The second-order valence-electron chi connectivity index (χ2n) is 7.03. The molecule has 1 atom stereocenters. The maximum absolute atomic E-state index is 13.2. The number of aryl methyl sites for hydroxylation is 1. The molecular formula is C18H23NO5S. The molecule has 1 saturated heterocycles. The van der Waals surface area contributed by atoms with E-state index in [9.17, 15) is 18.0 Å². The van der Waals surface area contributed by atoms with Crippen molar-refractivity contribution in [1.82, 2.24) is 4.31 Å². The molecule has 1 saturated carbocycles. The van der Waals surface area contributed by atoms with Crippen molar-refractivity contribution < 1.29 is 22.7 Å². The molecule has 1 aromatic rings. The van der Waals surface area contributed by atoms with Gasteiger partial charge in [0.2, 0.25) is 5.91 Å². The Morgan fingerprint density at radius 1 is 1.24 bits per heavy atom. The maximum atomic E-state index is 13.2. The van der Waals surface area contributed by atoms with E-state index in [1.807, 2.05) is 6.92 Å². The standard InChI is InChI=1S/C18H23NO5S/c1-13-4-6-15(7-5-13)25(22,23)19-14(12-16(20)24-2)8-11-18(17(19)21)9-3-10-18/h4-7,14H,3,8-12H2,1-2H3. The largest absolute Gasteiger partial charge is 0.469 e. The van der Waals surface area contributed by atoms with Crippen molar-refractivity contribution in [3.05, 3.63) is 29.8 Å². The lowest BCUT2D eigenvalue weighted by atomic mass is 9.63. The number of rotatable bonds is 4. The molecule has 1 amide bonds. The molecule has 0 radical (unpaired) electrons. The Morgan fingerprint density at radius 2 is 1.88 bits per heavy atom. The average Bonchev–Trinajstić information content (AvgIpc) is 2.53. The van der Waals surface area contributed by atoms with E-state index < -0.39 is 27.4 Å². The van der Waals surface area contributed by atoms with E-state index in [2.05, 4.69) is 0 Å². The number of benzene rings is 1. The smallest absolute Gasteiger partial charge is 0.307 e. The second-order valence-corrected chi connectivity index (χ2v) is 8.84. The van der Waals surface area contributed by atoms with Crippen LogP contribution in [0.1, 0.15) is 44.1 Å². The maximum Gasteiger partial charge on any atom is 0.307 e. The summed E-state index contributed by atoms with van der Waals surface area (Å²) in [6.07, 6.45) is 3.39. The molecule has 6 nitrogen and oxygen atoms in total. The number of esters is 1. The molecule has 1 heterocycles. The molecule has 0 aromatic heterocycles. The van der Waals surface area contributed by atoms with Crippen molar-refractivity contribution in [2.45, 2.75) is 56.4 Å². The van der Waals surface area contributed by atoms with E-state index in [1.165, 1.54) is 19.2 Å². The normalized spacial score (nSPS) is 22.6. The van der Waals surface area contributed by atoms with Gasteiger partial charge in [0, 0.05) is 0 Å². The van der Waals surface area contributed by atoms with Crippen LogP contribution in [0.4, 0.5) is 0 Å². The van der Waals surface area contributed by atoms with Crippen LogP contribution in [0.2, 0.25) is 0 Å². The number of methoxy groups -OCH3 is 1. The lowest BCUT2D eigenvalue weighted by Crippen LogP contribution is -2.58. The van der Waals surface area contributed by atoms with Crippen LogP contribution in [0.15, 0.2) is 29.2 Å². The van der Waals surface area contributed by atoms with E-state index in [4.69, 9.17) is 4.74 Å². The number of amides is 1. The van der Waals surface area contributed by atoms with Gasteiger partial charge in [-0.25, -0.2) is 12.7 Å². The van der Waals surface area contributed by atoms with Crippen LogP contribution in [0, 0.1) is 12.3 Å². The number of piperidine rings is 1. The first-order valence-corrected chi connectivity index (χ1v) is 9.96. The highest BCUT2D eigenvalue weighted by atomic mass is 32.2. The van der Waals surface area contributed by atoms with Crippen LogP contribution in [-0.4, -0.2) is 37.8 Å². The summed E-state index contributed by atoms with van der Waals surface area (Å²) >= 11 is 0. The van der Waals surface area contributed by atoms with Crippen LogP contribution in [0.25, 0.3) is 0 Å². The number of carbonyl (C=O) groups excluding carboxylic acids is 2. The van der Waals surface area contributed by atoms with Gasteiger partial charge in [0.1, 0.15) is 0 Å². The fraction of sp³-hybridized carbons (Fsp3) is 0.556. The molecule has 1 aliphatic heterocycles. The van der Waals surface area contributed by atoms with Gasteiger partial charge in [0.15, 0.2) is 0 Å². The number of nitrogens with zero attached hydrogens (tertiary/aromatic N) is 1. The van der Waals surface area contributed by atoms with Crippen molar-refractivity contribution in [2.24, 2.45) is 5.41 Å². The number of hydrogen-bond acceptors (Lipinski definition) is 5. The summed E-state index contributed by atoms with van der Waals surface area (Å²) in [6.45, 7) is 1.87. The molecule has 1 spiro atoms. The summed E-state index contributed by atoms with van der Waals surface area (Å²) in [5, 5.41) is 0. The molecule has 7 heteroatoms. The van der Waals surface area contributed by atoms with E-state index in [1.54, 1.807) is 12.1 Å². The minimum Gasteiger partial charge on any atom is -0.469 e. The third kappa shape index (κ3) is 3.05. The molecule has 1 aromatic carbocycles. The lowest BCUT2D eigenvalue weighted by Gasteiger charge is -2.49. The van der Waals surface area contributed by atoms with Crippen LogP contribution in [0.3, 0.4) is 0 Å². The van der Waals surface area contributed by atoms with Crippen molar-refractivity contribution >= 4 is 21.9 Å². The molecule has 2 fully saturated rings. The summed E-state index contributed by atoms with van der Waals surface area (Å²) in [7, 11) is -2.74. The zero-order valence-electron chi connectivity index (χ0n) is 14.5. The molecule has 2 aliphatic rings. The van der Waals surface area contributed by atoms with Gasteiger partial charge in [-0.15, -0.1) is 0 Å². The third-order valence-corrected chi connectivity index (χ3v) is 7.31. The topological polar surface area (TPSA) is 80.8 Å². The van der Waals surface area contributed by atoms with Crippen LogP contribution >= 0.6 is 0 Å². The van der Waals surface area contributed by atoms with E-state index in [-0.39, 0.29) is 17.2 Å². The van der Waals surface area contributed by atoms with Crippen molar-refractivity contribution in [1.29, 1.82) is 0 Å². The molecule has 0 N–H and O–H groups in total. The summed E-state index contributed by atoms with van der Waals surface area (Å²) in [5.41, 5.74) is 0.371. The average molecular weight is 365 g/mol. The monoisotopic (exact) mass is 365 g/mol. The highest BCUT2D eigenvalue weighted by Gasteiger charge is 2.54. The van der Waals surface area contributed by atoms with Crippen LogP contribution < -0.4 is 0 Å². The van der Waals surface area contributed by atoms with Gasteiger partial charge in [-0.1, -0.05) is 24.1 Å². The van der Waals surface area contributed by atoms with Gasteiger partial charge < -0.3 is 4.74 Å². The highest BCUT2D eigenvalue weighted by molar-refractivity contribution is 7.89. The van der Waals surface area contributed by atoms with Gasteiger partial charge >= 0.3 is 5.97 Å². The first kappa shape index (κ1) is 17.9. The number of ether oxygens (including phenoxy) is 1. The Bertz CT molecular complexity index is 780. The van der Waals surface area contributed by atoms with Gasteiger partial charge in [-0.3, -0.25) is 9.59 Å². The molecule has 136 valence electrons. The molecular weight excluding hydrogens is 342 g/mol. The zero-order chi connectivity index (χ0) is 18.2. The molecule has 1 aliphatic carbocycles. The van der Waals surface area contributed by atoms with Crippen molar-refractivity contribution in [3.63, 3.8) is 0 Å². The predicted molar refractivity (Wildman–Crippen MR) is 91.1 cm³/mol. The molecule has 0 bridgehead atoms. The number of carbonyl (C=O) groups is 2. The second kappa shape index (κ2) is 6.44. The van der Waals surface area contributed by atoms with Crippen molar-refractivity contribution in [2.75, 3.05) is 7.11 Å². The van der Waals surface area contributed by atoms with Crippen LogP contribution in [-0.2, 0) is 24.3 Å². The Hall–Kier alpha value is -1.89. The third-order valence-electron chi connectivity index (χ3n) is 5.46. The minimum atomic E-state index is -4.00. The Labute approximate surface area is 148 Å². The lowest BCUT2D eigenvalue weighted by molar-refractivity contribution is -0.152. The number of hydrogen-bond donors (Lipinski definition) is 0. The van der Waals surface area contributed by atoms with Gasteiger partial charge in [-0.05, 0) is 44.7 Å². The zero-order valence-corrected chi connectivity index (χ0v) is 15.3. The summed E-state index contributed by atoms with van der Waals surface area (Å²) < 4.78 is 32.0. The van der Waals surface area contributed by atoms with E-state index >= 15 is 0 Å². The Morgan fingerprint density at radius 3 is 2.40 bits per heavy atom. The molecule has 3 rings (SSSR count). The molecule has 1 unspecified atom stereocenters. The summed E-state index contributed by atoms with van der Waals surface area (Å²) in [4.78, 5) is 24.9. The quantitative estimate of drug-likeness (QED) is 0.766. The fourth-order valence-corrected chi connectivity index (χ4v) is 5.42.